The number of carbonyl (C=O) groups is 1. The number of nitrogens with zero attached hydrogens (tertiary/aromatic N) is 1. The lowest BCUT2D eigenvalue weighted by molar-refractivity contribution is -0.143. The molecule has 4 heteroatoms. The van der Waals surface area contributed by atoms with E-state index in [1.165, 1.54) is 0 Å². The van der Waals surface area contributed by atoms with Gasteiger partial charge in [0.05, 0.1) is 23.6 Å². The van der Waals surface area contributed by atoms with Crippen LogP contribution in [-0.2, 0) is 9.53 Å². The van der Waals surface area contributed by atoms with Crippen LogP contribution in [0.3, 0.4) is 0 Å². The van der Waals surface area contributed by atoms with E-state index in [4.69, 9.17) is 21.6 Å². The number of halogens is 1. The minimum Gasteiger partial charge on any atom is -0.466 e. The molecule has 0 N–H and O–H groups in total. The molecule has 0 aliphatic heterocycles. The van der Waals surface area contributed by atoms with Gasteiger partial charge in [0, 0.05) is 6.42 Å². The number of hydrogen-bond donors (Lipinski definition) is 0. The van der Waals surface area contributed by atoms with Crippen molar-refractivity contribution in [3.05, 3.63) is 35.4 Å². The molecule has 1 unspecified atom stereocenters. The summed E-state index contributed by atoms with van der Waals surface area (Å²) in [5.41, 5.74) is 1.32. The van der Waals surface area contributed by atoms with Gasteiger partial charge in [-0.05, 0) is 25.0 Å². The summed E-state index contributed by atoms with van der Waals surface area (Å²) in [6, 6.07) is 9.23. The Kier molecular flexibility index (Phi) is 5.51. The van der Waals surface area contributed by atoms with Gasteiger partial charge in [0.1, 0.15) is 0 Å². The molecule has 0 aliphatic rings. The van der Waals surface area contributed by atoms with E-state index < -0.39 is 0 Å². The van der Waals surface area contributed by atoms with E-state index in [1.807, 2.05) is 6.07 Å². The van der Waals surface area contributed by atoms with Gasteiger partial charge in [-0.3, -0.25) is 4.79 Å². The molecule has 17 heavy (non-hydrogen) atoms. The van der Waals surface area contributed by atoms with Crippen molar-refractivity contribution in [3.63, 3.8) is 0 Å². The van der Waals surface area contributed by atoms with Crippen LogP contribution in [0.5, 0.6) is 0 Å². The number of hydrogen-bond acceptors (Lipinski definition) is 3. The summed E-state index contributed by atoms with van der Waals surface area (Å²) >= 11 is 6.18. The summed E-state index contributed by atoms with van der Waals surface area (Å²) in [7, 11) is 0. The smallest absolute Gasteiger partial charge is 0.305 e. The lowest BCUT2D eigenvalue weighted by atomic mass is 10.0. The summed E-state index contributed by atoms with van der Waals surface area (Å²) in [6.07, 6.45) is 0.737. The maximum Gasteiger partial charge on any atom is 0.305 e. The van der Waals surface area contributed by atoms with E-state index >= 15 is 0 Å². The molecule has 1 aromatic carbocycles. The molecule has 3 nitrogen and oxygen atoms in total. The molecule has 90 valence electrons. The lowest BCUT2D eigenvalue weighted by Gasteiger charge is -2.10. The number of nitriles is 1. The molecule has 0 fully saturated rings. The highest BCUT2D eigenvalue weighted by Gasteiger charge is 2.14. The van der Waals surface area contributed by atoms with Gasteiger partial charge in [0.15, 0.2) is 0 Å². The number of carbonyl (C=O) groups excluding carboxylic acids is 1. The Morgan fingerprint density at radius 2 is 2.24 bits per heavy atom. The first-order valence-electron chi connectivity index (χ1n) is 5.47. The molecule has 0 heterocycles. The fourth-order valence-electron chi connectivity index (χ4n) is 1.51. The molecule has 0 spiro atoms. The third kappa shape index (κ3) is 4.08. The summed E-state index contributed by atoms with van der Waals surface area (Å²) < 4.78 is 4.82. The van der Waals surface area contributed by atoms with E-state index in [9.17, 15) is 4.79 Å². The van der Waals surface area contributed by atoms with Gasteiger partial charge >= 0.3 is 5.97 Å². The van der Waals surface area contributed by atoms with Crippen molar-refractivity contribution in [1.29, 1.82) is 5.26 Å². The summed E-state index contributed by atoms with van der Waals surface area (Å²) in [5.74, 6) is -0.257. The predicted molar refractivity (Wildman–Crippen MR) is 65.6 cm³/mol. The van der Waals surface area contributed by atoms with Crippen LogP contribution in [0, 0.1) is 11.3 Å². The Balaban J connectivity index is 2.61. The van der Waals surface area contributed by atoms with Crippen LogP contribution >= 0.6 is 11.6 Å². The number of alkyl halides is 1. The topological polar surface area (TPSA) is 50.1 Å². The van der Waals surface area contributed by atoms with Gasteiger partial charge in [-0.15, -0.1) is 11.6 Å². The quantitative estimate of drug-likeness (QED) is 0.597. The van der Waals surface area contributed by atoms with Gasteiger partial charge in [0.2, 0.25) is 0 Å². The Morgan fingerprint density at radius 3 is 2.88 bits per heavy atom. The third-order valence-corrected chi connectivity index (χ3v) is 2.78. The zero-order valence-corrected chi connectivity index (χ0v) is 10.4. The van der Waals surface area contributed by atoms with Gasteiger partial charge in [0.25, 0.3) is 0 Å². The SMILES string of the molecule is CCOC(=O)CCC(Cl)c1ccccc1C#N. The van der Waals surface area contributed by atoms with Gasteiger partial charge < -0.3 is 4.74 Å². The van der Waals surface area contributed by atoms with Gasteiger partial charge in [-0.25, -0.2) is 0 Å². The molecular formula is C13H14ClNO2. The molecule has 0 aromatic heterocycles. The van der Waals surface area contributed by atoms with Crippen molar-refractivity contribution in [1.82, 2.24) is 0 Å². The monoisotopic (exact) mass is 251 g/mol. The molecule has 0 amide bonds. The zero-order valence-electron chi connectivity index (χ0n) is 9.65. The highest BCUT2D eigenvalue weighted by molar-refractivity contribution is 6.21. The molecule has 0 aliphatic carbocycles. The van der Waals surface area contributed by atoms with E-state index in [-0.39, 0.29) is 17.8 Å². The van der Waals surface area contributed by atoms with E-state index in [0.717, 1.165) is 5.56 Å². The van der Waals surface area contributed by atoms with Crippen molar-refractivity contribution in [2.75, 3.05) is 6.61 Å². The normalized spacial score (nSPS) is 11.6. The first-order valence-corrected chi connectivity index (χ1v) is 5.91. The zero-order chi connectivity index (χ0) is 12.7. The predicted octanol–water partition coefficient (Wildman–Crippen LogP) is 3.18. The minimum absolute atomic E-state index is 0.257. The first-order chi connectivity index (χ1) is 8.19. The van der Waals surface area contributed by atoms with E-state index in [2.05, 4.69) is 6.07 Å². The molecule has 0 radical (unpaired) electrons. The number of ether oxygens (including phenoxy) is 1. The standard InChI is InChI=1S/C13H14ClNO2/c1-2-17-13(16)8-7-12(14)11-6-4-3-5-10(11)9-15/h3-6,12H,2,7-8H2,1H3. The van der Waals surface area contributed by atoms with Crippen molar-refractivity contribution < 1.29 is 9.53 Å². The average molecular weight is 252 g/mol. The van der Waals surface area contributed by atoms with Crippen molar-refractivity contribution in [2.24, 2.45) is 0 Å². The van der Waals surface area contributed by atoms with E-state index in [0.29, 0.717) is 18.6 Å². The molecule has 0 saturated carbocycles. The van der Waals surface area contributed by atoms with Crippen LogP contribution < -0.4 is 0 Å². The molecular weight excluding hydrogens is 238 g/mol. The summed E-state index contributed by atoms with van der Waals surface area (Å²) in [4.78, 5) is 11.2. The van der Waals surface area contributed by atoms with Gasteiger partial charge in [-0.1, -0.05) is 18.2 Å². The number of benzene rings is 1. The second kappa shape index (κ2) is 6.93. The first kappa shape index (κ1) is 13.5. The molecule has 1 rings (SSSR count). The number of rotatable bonds is 5. The highest BCUT2D eigenvalue weighted by atomic mass is 35.5. The highest BCUT2D eigenvalue weighted by Crippen LogP contribution is 2.28. The average Bonchev–Trinajstić information content (AvgIpc) is 2.36. The maximum atomic E-state index is 11.2. The fourth-order valence-corrected chi connectivity index (χ4v) is 1.80. The second-order valence-corrected chi connectivity index (χ2v) is 4.04. The van der Waals surface area contributed by atoms with E-state index in [1.54, 1.807) is 25.1 Å². The molecule has 1 atom stereocenters. The van der Waals surface area contributed by atoms with Crippen LogP contribution in [0.4, 0.5) is 0 Å². The minimum atomic E-state index is -0.338. The van der Waals surface area contributed by atoms with Crippen LogP contribution in [-0.4, -0.2) is 12.6 Å². The molecule has 0 bridgehead atoms. The third-order valence-electron chi connectivity index (χ3n) is 2.33. The van der Waals surface area contributed by atoms with Crippen LogP contribution in [0.15, 0.2) is 24.3 Å². The fraction of sp³-hybridized carbons (Fsp3) is 0.385. The molecule has 1 aromatic rings. The van der Waals surface area contributed by atoms with Crippen molar-refractivity contribution >= 4 is 17.6 Å². The second-order valence-electron chi connectivity index (χ2n) is 3.51. The summed E-state index contributed by atoms with van der Waals surface area (Å²) in [5, 5.41) is 8.59. The van der Waals surface area contributed by atoms with Crippen LogP contribution in [0.1, 0.15) is 36.3 Å². The van der Waals surface area contributed by atoms with Gasteiger partial charge in [-0.2, -0.15) is 5.26 Å². The Morgan fingerprint density at radius 1 is 1.53 bits per heavy atom. The largest absolute Gasteiger partial charge is 0.466 e. The maximum absolute atomic E-state index is 11.2. The Bertz CT molecular complexity index is 426. The van der Waals surface area contributed by atoms with Crippen LogP contribution in [0.25, 0.3) is 0 Å². The Hall–Kier alpha value is -1.53. The Labute approximate surface area is 106 Å². The van der Waals surface area contributed by atoms with Crippen molar-refractivity contribution in [2.45, 2.75) is 25.1 Å². The van der Waals surface area contributed by atoms with Crippen molar-refractivity contribution in [3.8, 4) is 6.07 Å². The van der Waals surface area contributed by atoms with Crippen LogP contribution in [0.2, 0.25) is 0 Å². The molecule has 0 saturated heterocycles. The summed E-state index contributed by atoms with van der Waals surface area (Å²) in [6.45, 7) is 2.14. The number of esters is 1. The lowest BCUT2D eigenvalue weighted by Crippen LogP contribution is -2.05.